The van der Waals surface area contributed by atoms with E-state index in [1.54, 1.807) is 20.5 Å². The normalized spacial score (nSPS) is 22.9. The first kappa shape index (κ1) is 23.1. The zero-order valence-electron chi connectivity index (χ0n) is 20.7. The van der Waals surface area contributed by atoms with Crippen LogP contribution in [0.15, 0.2) is 65.7 Å². The van der Waals surface area contributed by atoms with Gasteiger partial charge in [-0.2, -0.15) is 0 Å². The number of amidine groups is 1. The van der Waals surface area contributed by atoms with Crippen molar-refractivity contribution in [2.24, 2.45) is 10.6 Å². The summed E-state index contributed by atoms with van der Waals surface area (Å²) in [7, 11) is 3.35. The van der Waals surface area contributed by atoms with Gasteiger partial charge in [0.25, 0.3) is 0 Å². The number of nitrogens with zero attached hydrogens (tertiary/aromatic N) is 4. The number of halogens is 1. The Morgan fingerprint density at radius 2 is 2.03 bits per heavy atom. The van der Waals surface area contributed by atoms with Crippen molar-refractivity contribution in [2.75, 3.05) is 20.8 Å². The molecule has 0 bridgehead atoms. The van der Waals surface area contributed by atoms with Crippen LogP contribution < -0.4 is 4.74 Å². The molecule has 1 saturated carbocycles. The third kappa shape index (κ3) is 3.96. The van der Waals surface area contributed by atoms with E-state index < -0.39 is 5.72 Å². The van der Waals surface area contributed by atoms with Gasteiger partial charge in [-0.25, -0.2) is 4.98 Å². The molecule has 1 saturated heterocycles. The number of aromatic nitrogens is 2. The zero-order chi connectivity index (χ0) is 24.9. The fraction of sp³-hybridized carbons (Fsp3) is 0.357. The highest BCUT2D eigenvalue weighted by Crippen LogP contribution is 2.57. The molecule has 0 N–H and O–H groups in total. The molecule has 1 unspecified atom stereocenters. The summed E-state index contributed by atoms with van der Waals surface area (Å²) in [6.07, 6.45) is 9.37. The molecule has 3 heterocycles. The first-order valence-corrected chi connectivity index (χ1v) is 12.5. The van der Waals surface area contributed by atoms with E-state index in [1.165, 1.54) is 18.4 Å². The van der Waals surface area contributed by atoms with E-state index in [0.717, 1.165) is 47.1 Å². The Balaban J connectivity index is 1.34. The van der Waals surface area contributed by atoms with Crippen molar-refractivity contribution in [3.05, 3.63) is 82.4 Å². The minimum atomic E-state index is -0.682. The lowest BCUT2D eigenvalue weighted by molar-refractivity contribution is -0.0968. The van der Waals surface area contributed by atoms with Gasteiger partial charge in [-0.15, -0.1) is 0 Å². The van der Waals surface area contributed by atoms with Crippen molar-refractivity contribution in [2.45, 2.75) is 38.5 Å². The maximum absolute atomic E-state index is 6.32. The third-order valence-electron chi connectivity index (χ3n) is 7.50. The molecule has 186 valence electrons. The van der Waals surface area contributed by atoms with Gasteiger partial charge in [-0.05, 0) is 66.2 Å². The van der Waals surface area contributed by atoms with Crippen LogP contribution in [0.4, 0.5) is 0 Å². The maximum Gasteiger partial charge on any atom is 0.234 e. The fourth-order valence-corrected chi connectivity index (χ4v) is 5.48. The van der Waals surface area contributed by atoms with Gasteiger partial charge in [-0.1, -0.05) is 35.0 Å². The molecule has 1 spiro atoms. The molecule has 2 aliphatic heterocycles. The topological polar surface area (TPSA) is 61.1 Å². The summed E-state index contributed by atoms with van der Waals surface area (Å²) in [5, 5.41) is 5.29. The van der Waals surface area contributed by atoms with E-state index >= 15 is 0 Å². The van der Waals surface area contributed by atoms with Crippen LogP contribution in [0.2, 0.25) is 5.02 Å². The Kier molecular flexibility index (Phi) is 5.57. The smallest absolute Gasteiger partial charge is 0.234 e. The number of ether oxygens (including phenoxy) is 2. The maximum atomic E-state index is 6.32. The van der Waals surface area contributed by atoms with Gasteiger partial charge < -0.3 is 23.8 Å². The molecule has 36 heavy (non-hydrogen) atoms. The highest BCUT2D eigenvalue weighted by molar-refractivity contribution is 6.30. The predicted molar refractivity (Wildman–Crippen MR) is 139 cm³/mol. The molecule has 6 rings (SSSR count). The van der Waals surface area contributed by atoms with E-state index in [0.29, 0.717) is 11.6 Å². The van der Waals surface area contributed by atoms with Crippen LogP contribution in [0.3, 0.4) is 0 Å². The van der Waals surface area contributed by atoms with E-state index in [-0.39, 0.29) is 5.41 Å². The molecule has 3 aliphatic rings. The summed E-state index contributed by atoms with van der Waals surface area (Å²) in [6, 6.07) is 14.1. The number of fused-ring (bicyclic) bond motifs is 1. The SMILES string of the molecule is COCc1cn(-c2ccc(C=C3CC4(CC4)CN4C3=NOC4(C)c3cccc(Cl)c3)cc2OC)cn1. The summed E-state index contributed by atoms with van der Waals surface area (Å²) >= 11 is 6.32. The van der Waals surface area contributed by atoms with E-state index in [1.807, 2.05) is 29.0 Å². The Hall–Kier alpha value is -3.29. The standard InChI is InChI=1S/C28H29ClN4O3/c1-27(21-5-4-6-22(29)13-21)33-17-28(9-10-28)14-20(26(33)31-36-27)11-19-7-8-24(25(12-19)35-3)32-15-23(16-34-2)30-18-32/h4-8,11-13,15,18H,9-10,14,16-17H2,1-3H3. The van der Waals surface area contributed by atoms with E-state index in [9.17, 15) is 0 Å². The van der Waals surface area contributed by atoms with E-state index in [4.69, 9.17) is 25.9 Å². The first-order chi connectivity index (χ1) is 17.4. The van der Waals surface area contributed by atoms with Crippen molar-refractivity contribution < 1.29 is 14.3 Å². The number of piperidine rings is 1. The second-order valence-electron chi connectivity index (χ2n) is 10.1. The van der Waals surface area contributed by atoms with Gasteiger partial charge in [0.05, 0.1) is 31.4 Å². The van der Waals surface area contributed by atoms with Gasteiger partial charge in [-0.3, -0.25) is 0 Å². The molecule has 1 aromatic heterocycles. The number of rotatable bonds is 6. The van der Waals surface area contributed by atoms with Crippen molar-refractivity contribution >= 4 is 23.5 Å². The molecule has 1 aliphatic carbocycles. The van der Waals surface area contributed by atoms with Crippen LogP contribution in [-0.2, 0) is 21.9 Å². The van der Waals surface area contributed by atoms with Crippen LogP contribution in [0.5, 0.6) is 5.75 Å². The fourth-order valence-electron chi connectivity index (χ4n) is 5.29. The van der Waals surface area contributed by atoms with Crippen molar-refractivity contribution in [1.82, 2.24) is 14.5 Å². The molecule has 3 aromatic rings. The number of oxime groups is 1. The van der Waals surface area contributed by atoms with Gasteiger partial charge >= 0.3 is 0 Å². The molecule has 1 atom stereocenters. The number of methoxy groups -OCH3 is 2. The molecular formula is C28H29ClN4O3. The van der Waals surface area contributed by atoms with Crippen molar-refractivity contribution in [3.8, 4) is 11.4 Å². The number of hydrogen-bond donors (Lipinski definition) is 0. The molecule has 0 amide bonds. The van der Waals surface area contributed by atoms with Crippen LogP contribution >= 0.6 is 11.6 Å². The second kappa shape index (κ2) is 8.68. The number of hydrogen-bond acceptors (Lipinski definition) is 6. The van der Waals surface area contributed by atoms with Gasteiger partial charge in [0.1, 0.15) is 5.75 Å². The predicted octanol–water partition coefficient (Wildman–Crippen LogP) is 5.77. The first-order valence-electron chi connectivity index (χ1n) is 12.1. The minimum Gasteiger partial charge on any atom is -0.495 e. The molecule has 2 aromatic carbocycles. The Bertz CT molecular complexity index is 1380. The van der Waals surface area contributed by atoms with Crippen molar-refractivity contribution in [3.63, 3.8) is 0 Å². The van der Waals surface area contributed by atoms with Crippen molar-refractivity contribution in [1.29, 1.82) is 0 Å². The number of benzene rings is 2. The summed E-state index contributed by atoms with van der Waals surface area (Å²) in [5.74, 6) is 1.67. The lowest BCUT2D eigenvalue weighted by Crippen LogP contribution is -2.50. The lowest BCUT2D eigenvalue weighted by atomic mass is 9.86. The summed E-state index contributed by atoms with van der Waals surface area (Å²) in [5.41, 5.74) is 4.63. The summed E-state index contributed by atoms with van der Waals surface area (Å²) in [4.78, 5) is 12.8. The zero-order valence-corrected chi connectivity index (χ0v) is 21.5. The minimum absolute atomic E-state index is 0.275. The second-order valence-corrected chi connectivity index (χ2v) is 10.5. The molecule has 8 heteroatoms. The third-order valence-corrected chi connectivity index (χ3v) is 7.73. The molecule has 7 nitrogen and oxygen atoms in total. The largest absolute Gasteiger partial charge is 0.495 e. The average molecular weight is 505 g/mol. The molecule has 2 fully saturated rings. The van der Waals surface area contributed by atoms with Crippen LogP contribution in [-0.4, -0.2) is 41.1 Å². The van der Waals surface area contributed by atoms with Crippen LogP contribution in [0, 0.1) is 5.41 Å². The number of imidazole rings is 1. The van der Waals surface area contributed by atoms with Gasteiger partial charge in [0.2, 0.25) is 5.72 Å². The molecular weight excluding hydrogens is 476 g/mol. The monoisotopic (exact) mass is 504 g/mol. The Labute approximate surface area is 215 Å². The summed E-state index contributed by atoms with van der Waals surface area (Å²) in [6.45, 7) is 3.48. The molecule has 0 radical (unpaired) electrons. The highest BCUT2D eigenvalue weighted by atomic mass is 35.5. The van der Waals surface area contributed by atoms with E-state index in [2.05, 4.69) is 52.3 Å². The quantitative estimate of drug-likeness (QED) is 0.426. The Morgan fingerprint density at radius 1 is 1.17 bits per heavy atom. The van der Waals surface area contributed by atoms with Crippen LogP contribution in [0.1, 0.15) is 43.0 Å². The summed E-state index contributed by atoms with van der Waals surface area (Å²) < 4.78 is 12.9. The van der Waals surface area contributed by atoms with Gasteiger partial charge in [0, 0.05) is 37.4 Å². The highest BCUT2D eigenvalue weighted by Gasteiger charge is 2.56. The Morgan fingerprint density at radius 3 is 2.78 bits per heavy atom. The van der Waals surface area contributed by atoms with Gasteiger partial charge in [0.15, 0.2) is 5.84 Å². The van der Waals surface area contributed by atoms with Crippen LogP contribution in [0.25, 0.3) is 11.8 Å². The average Bonchev–Trinajstić information content (AvgIpc) is 3.29. The lowest BCUT2D eigenvalue weighted by Gasteiger charge is -2.41.